The summed E-state index contributed by atoms with van der Waals surface area (Å²) in [6.07, 6.45) is 1.72. The summed E-state index contributed by atoms with van der Waals surface area (Å²) in [6.45, 7) is 1.89. The number of halogens is 1. The number of aromatic nitrogens is 2. The fraction of sp³-hybridized carbons (Fsp3) is 0.0625. The van der Waals surface area contributed by atoms with E-state index in [4.69, 9.17) is 11.6 Å². The van der Waals surface area contributed by atoms with E-state index in [1.165, 1.54) is 0 Å². The van der Waals surface area contributed by atoms with Gasteiger partial charge in [0.2, 0.25) is 0 Å². The molecule has 1 aromatic heterocycles. The lowest BCUT2D eigenvalue weighted by atomic mass is 10.2. The first-order valence-electron chi connectivity index (χ1n) is 6.50. The number of anilines is 1. The van der Waals surface area contributed by atoms with Gasteiger partial charge >= 0.3 is 0 Å². The van der Waals surface area contributed by atoms with Crippen molar-refractivity contribution in [3.63, 3.8) is 0 Å². The van der Waals surface area contributed by atoms with Crippen LogP contribution in [0.3, 0.4) is 0 Å². The van der Waals surface area contributed by atoms with Crippen LogP contribution in [-0.2, 0) is 0 Å². The Balaban J connectivity index is 1.85. The van der Waals surface area contributed by atoms with Crippen LogP contribution in [0.5, 0.6) is 0 Å². The van der Waals surface area contributed by atoms with Crippen LogP contribution in [-0.4, -0.2) is 15.7 Å². The van der Waals surface area contributed by atoms with Crippen molar-refractivity contribution in [1.82, 2.24) is 9.97 Å². The van der Waals surface area contributed by atoms with Crippen LogP contribution in [0.25, 0.3) is 11.0 Å². The first kappa shape index (κ1) is 13.5. The Morgan fingerprint density at radius 3 is 2.71 bits per heavy atom. The van der Waals surface area contributed by atoms with Crippen molar-refractivity contribution in [3.05, 3.63) is 65.4 Å². The molecule has 0 aliphatic rings. The van der Waals surface area contributed by atoms with E-state index >= 15 is 0 Å². The predicted molar refractivity (Wildman–Crippen MR) is 86.8 cm³/mol. The normalized spacial score (nSPS) is 11.6. The lowest BCUT2D eigenvalue weighted by Gasteiger charge is -2.04. The van der Waals surface area contributed by atoms with Crippen LogP contribution < -0.4 is 5.43 Å². The third-order valence-corrected chi connectivity index (χ3v) is 3.23. The molecule has 1 heterocycles. The molecule has 0 bridgehead atoms. The summed E-state index contributed by atoms with van der Waals surface area (Å²) < 4.78 is 0. The molecular weight excluding hydrogens is 284 g/mol. The lowest BCUT2D eigenvalue weighted by Crippen LogP contribution is -2.03. The number of hydrogen-bond donors (Lipinski definition) is 1. The minimum Gasteiger partial charge on any atom is -0.278 e. The van der Waals surface area contributed by atoms with Gasteiger partial charge in [-0.2, -0.15) is 5.10 Å². The van der Waals surface area contributed by atoms with E-state index in [1.807, 2.05) is 55.5 Å². The van der Waals surface area contributed by atoms with Gasteiger partial charge in [0.25, 0.3) is 0 Å². The van der Waals surface area contributed by atoms with Crippen LogP contribution in [0.4, 0.5) is 5.69 Å². The van der Waals surface area contributed by atoms with Crippen molar-refractivity contribution in [2.45, 2.75) is 6.92 Å². The van der Waals surface area contributed by atoms with Crippen molar-refractivity contribution in [1.29, 1.82) is 0 Å². The highest BCUT2D eigenvalue weighted by Crippen LogP contribution is 2.15. The van der Waals surface area contributed by atoms with Crippen LogP contribution in [0.1, 0.15) is 12.6 Å². The van der Waals surface area contributed by atoms with E-state index in [-0.39, 0.29) is 0 Å². The van der Waals surface area contributed by atoms with E-state index < -0.39 is 0 Å². The molecule has 3 aromatic rings. The number of nitrogens with zero attached hydrogens (tertiary/aromatic N) is 3. The number of para-hydroxylation sites is 2. The van der Waals surface area contributed by atoms with Crippen molar-refractivity contribution in [3.8, 4) is 0 Å². The van der Waals surface area contributed by atoms with E-state index in [1.54, 1.807) is 6.20 Å². The van der Waals surface area contributed by atoms with Crippen molar-refractivity contribution in [2.24, 2.45) is 5.10 Å². The monoisotopic (exact) mass is 296 g/mol. The van der Waals surface area contributed by atoms with Gasteiger partial charge in [-0.3, -0.25) is 10.4 Å². The Hall–Kier alpha value is -2.46. The molecule has 3 rings (SSSR count). The van der Waals surface area contributed by atoms with Gasteiger partial charge in [-0.15, -0.1) is 0 Å². The molecule has 0 spiro atoms. The zero-order chi connectivity index (χ0) is 14.7. The molecule has 0 aliphatic heterocycles. The average Bonchev–Trinajstić information content (AvgIpc) is 2.52. The van der Waals surface area contributed by atoms with Crippen LogP contribution in [0, 0.1) is 0 Å². The Labute approximate surface area is 127 Å². The van der Waals surface area contributed by atoms with Crippen LogP contribution in [0.15, 0.2) is 59.8 Å². The van der Waals surface area contributed by atoms with Gasteiger partial charge in [0.1, 0.15) is 5.69 Å². The summed E-state index contributed by atoms with van der Waals surface area (Å²) >= 11 is 5.93. The first-order chi connectivity index (χ1) is 10.2. The summed E-state index contributed by atoms with van der Waals surface area (Å²) in [7, 11) is 0. The third-order valence-electron chi connectivity index (χ3n) is 3.00. The van der Waals surface area contributed by atoms with E-state index in [9.17, 15) is 0 Å². The summed E-state index contributed by atoms with van der Waals surface area (Å²) in [5.41, 5.74) is 7.02. The van der Waals surface area contributed by atoms with Gasteiger partial charge in [0.05, 0.1) is 28.6 Å². The molecule has 104 valence electrons. The molecule has 0 amide bonds. The molecule has 0 radical (unpaired) electrons. The Kier molecular flexibility index (Phi) is 3.79. The maximum Gasteiger partial charge on any atom is 0.105 e. The molecule has 5 heteroatoms. The highest BCUT2D eigenvalue weighted by molar-refractivity contribution is 6.30. The number of rotatable bonds is 3. The molecule has 0 saturated heterocycles. The Morgan fingerprint density at radius 2 is 1.90 bits per heavy atom. The minimum atomic E-state index is 0.665. The highest BCUT2D eigenvalue weighted by atomic mass is 35.5. The molecule has 1 N–H and O–H groups in total. The topological polar surface area (TPSA) is 50.2 Å². The van der Waals surface area contributed by atoms with Gasteiger partial charge in [0.15, 0.2) is 0 Å². The largest absolute Gasteiger partial charge is 0.278 e. The third kappa shape index (κ3) is 3.17. The predicted octanol–water partition coefficient (Wildman–Crippen LogP) is 4.12. The molecular formula is C16H13ClN4. The summed E-state index contributed by atoms with van der Waals surface area (Å²) in [5, 5.41) is 4.98. The van der Waals surface area contributed by atoms with Gasteiger partial charge in [-0.05, 0) is 37.3 Å². The molecule has 0 atom stereocenters. The Bertz CT molecular complexity index is 814. The molecule has 2 aromatic carbocycles. The fourth-order valence-corrected chi connectivity index (χ4v) is 2.09. The first-order valence-corrected chi connectivity index (χ1v) is 6.88. The van der Waals surface area contributed by atoms with Crippen LogP contribution >= 0.6 is 11.6 Å². The van der Waals surface area contributed by atoms with Gasteiger partial charge in [-0.25, -0.2) is 4.98 Å². The van der Waals surface area contributed by atoms with Crippen molar-refractivity contribution < 1.29 is 0 Å². The maximum atomic E-state index is 5.93. The maximum absolute atomic E-state index is 5.93. The summed E-state index contributed by atoms with van der Waals surface area (Å²) in [6, 6.07) is 15.1. The van der Waals surface area contributed by atoms with E-state index in [0.717, 1.165) is 28.1 Å². The standard InChI is InChI=1S/C16H13ClN4/c1-11(20-21-13-6-4-5-12(17)9-13)16-10-18-14-7-2-3-8-15(14)19-16/h2-10,21H,1H3/b20-11+. The fourth-order valence-electron chi connectivity index (χ4n) is 1.90. The van der Waals surface area contributed by atoms with Gasteiger partial charge in [-0.1, -0.05) is 29.8 Å². The number of benzene rings is 2. The quantitative estimate of drug-likeness (QED) is 0.584. The highest BCUT2D eigenvalue weighted by Gasteiger charge is 2.02. The lowest BCUT2D eigenvalue weighted by molar-refractivity contribution is 1.23. The SMILES string of the molecule is C/C(=N\Nc1cccc(Cl)c1)c1cnc2ccccc2n1. The smallest absolute Gasteiger partial charge is 0.105 e. The second-order valence-electron chi connectivity index (χ2n) is 4.56. The summed E-state index contributed by atoms with van der Waals surface area (Å²) in [4.78, 5) is 8.92. The summed E-state index contributed by atoms with van der Waals surface area (Å²) in [5.74, 6) is 0. The molecule has 0 unspecified atom stereocenters. The molecule has 0 fully saturated rings. The molecule has 0 aliphatic carbocycles. The van der Waals surface area contributed by atoms with Gasteiger partial charge in [0, 0.05) is 5.02 Å². The number of fused-ring (bicyclic) bond motifs is 1. The molecule has 4 nitrogen and oxygen atoms in total. The van der Waals surface area contributed by atoms with E-state index in [2.05, 4.69) is 20.5 Å². The second kappa shape index (κ2) is 5.89. The van der Waals surface area contributed by atoms with E-state index in [0.29, 0.717) is 5.02 Å². The number of nitrogens with one attached hydrogen (secondary N) is 1. The minimum absolute atomic E-state index is 0.665. The van der Waals surface area contributed by atoms with Gasteiger partial charge < -0.3 is 0 Å². The van der Waals surface area contributed by atoms with Crippen LogP contribution in [0.2, 0.25) is 5.02 Å². The Morgan fingerprint density at radius 1 is 1.10 bits per heavy atom. The molecule has 0 saturated carbocycles. The van der Waals surface area contributed by atoms with Crippen molar-refractivity contribution >= 4 is 34.0 Å². The zero-order valence-electron chi connectivity index (χ0n) is 11.4. The second-order valence-corrected chi connectivity index (χ2v) is 5.00. The number of hydrogen-bond acceptors (Lipinski definition) is 4. The number of hydrazone groups is 1. The van der Waals surface area contributed by atoms with Crippen molar-refractivity contribution in [2.75, 3.05) is 5.43 Å². The zero-order valence-corrected chi connectivity index (χ0v) is 12.2. The molecule has 21 heavy (non-hydrogen) atoms. The average molecular weight is 297 g/mol.